The zero-order valence-corrected chi connectivity index (χ0v) is 20.2. The van der Waals surface area contributed by atoms with Crippen molar-refractivity contribution in [3.8, 4) is 22.3 Å². The van der Waals surface area contributed by atoms with Gasteiger partial charge in [0, 0.05) is 0 Å². The van der Waals surface area contributed by atoms with E-state index in [0.717, 1.165) is 0 Å². The molecule has 34 heavy (non-hydrogen) atoms. The third-order valence-corrected chi connectivity index (χ3v) is 6.95. The molecule has 0 bridgehead atoms. The summed E-state index contributed by atoms with van der Waals surface area (Å²) in [5.74, 6) is 0. The molecule has 0 radical (unpaired) electrons. The summed E-state index contributed by atoms with van der Waals surface area (Å²) in [6.07, 6.45) is 0. The van der Waals surface area contributed by atoms with Gasteiger partial charge in [-0.25, -0.2) is 0 Å². The molecule has 6 aromatic carbocycles. The van der Waals surface area contributed by atoms with Crippen LogP contribution in [0.1, 0.15) is 22.3 Å². The number of rotatable bonds is 2. The van der Waals surface area contributed by atoms with E-state index in [2.05, 4.69) is 125 Å². The fourth-order valence-corrected chi connectivity index (χ4v) is 5.60. The van der Waals surface area contributed by atoms with Crippen LogP contribution in [0.5, 0.6) is 0 Å². The van der Waals surface area contributed by atoms with Gasteiger partial charge in [-0.15, -0.1) is 0 Å². The van der Waals surface area contributed by atoms with Crippen molar-refractivity contribution in [2.24, 2.45) is 0 Å². The van der Waals surface area contributed by atoms with Gasteiger partial charge in [0.15, 0.2) is 0 Å². The molecular formula is C34H28. The van der Waals surface area contributed by atoms with Gasteiger partial charge in [-0.3, -0.25) is 0 Å². The van der Waals surface area contributed by atoms with E-state index >= 15 is 0 Å². The molecule has 0 heteroatoms. The van der Waals surface area contributed by atoms with Crippen LogP contribution in [0.2, 0.25) is 0 Å². The largest absolute Gasteiger partial charge is 0.0616 e. The summed E-state index contributed by atoms with van der Waals surface area (Å²) >= 11 is 0. The van der Waals surface area contributed by atoms with Gasteiger partial charge < -0.3 is 0 Å². The molecule has 0 aliphatic heterocycles. The van der Waals surface area contributed by atoms with Crippen LogP contribution in [0, 0.1) is 27.7 Å². The van der Waals surface area contributed by atoms with Crippen LogP contribution in [0.3, 0.4) is 0 Å². The first-order chi connectivity index (χ1) is 16.5. The summed E-state index contributed by atoms with van der Waals surface area (Å²) in [6, 6.07) is 36.4. The van der Waals surface area contributed by atoms with Gasteiger partial charge in [-0.05, 0) is 94.4 Å². The number of aryl methyl sites for hydroxylation is 4. The van der Waals surface area contributed by atoms with Crippen molar-refractivity contribution in [3.63, 3.8) is 0 Å². The number of fused-ring (bicyclic) bond motifs is 6. The van der Waals surface area contributed by atoms with Crippen molar-refractivity contribution in [1.82, 2.24) is 0 Å². The van der Waals surface area contributed by atoms with Gasteiger partial charge >= 0.3 is 0 Å². The summed E-state index contributed by atoms with van der Waals surface area (Å²) in [7, 11) is 0. The lowest BCUT2D eigenvalue weighted by Gasteiger charge is -2.14. The molecule has 0 nitrogen and oxygen atoms in total. The van der Waals surface area contributed by atoms with Crippen molar-refractivity contribution in [3.05, 3.63) is 119 Å². The van der Waals surface area contributed by atoms with Gasteiger partial charge in [0.1, 0.15) is 0 Å². The molecule has 0 heterocycles. The van der Waals surface area contributed by atoms with E-state index in [1.54, 1.807) is 0 Å². The highest BCUT2D eigenvalue weighted by molar-refractivity contribution is 6.26. The summed E-state index contributed by atoms with van der Waals surface area (Å²) in [6.45, 7) is 8.70. The van der Waals surface area contributed by atoms with Gasteiger partial charge in [0.05, 0.1) is 0 Å². The Morgan fingerprint density at radius 3 is 1.03 bits per heavy atom. The predicted molar refractivity (Wildman–Crippen MR) is 149 cm³/mol. The highest BCUT2D eigenvalue weighted by Crippen LogP contribution is 2.39. The highest BCUT2D eigenvalue weighted by Gasteiger charge is 2.12. The average molecular weight is 437 g/mol. The van der Waals surface area contributed by atoms with E-state index in [-0.39, 0.29) is 0 Å². The lowest BCUT2D eigenvalue weighted by molar-refractivity contribution is 1.38. The Kier molecular flexibility index (Phi) is 4.78. The topological polar surface area (TPSA) is 0 Å². The molecule has 164 valence electrons. The molecule has 0 amide bonds. The normalized spacial score (nSPS) is 11.5. The molecule has 0 unspecified atom stereocenters. The molecule has 0 atom stereocenters. The predicted octanol–water partition coefficient (Wildman–Crippen LogP) is 9.71. The van der Waals surface area contributed by atoms with E-state index in [0.29, 0.717) is 0 Å². The fraction of sp³-hybridized carbons (Fsp3) is 0.118. The molecule has 6 aromatic rings. The van der Waals surface area contributed by atoms with Crippen molar-refractivity contribution >= 4 is 32.3 Å². The second-order valence-corrected chi connectivity index (χ2v) is 9.82. The molecule has 6 rings (SSSR count). The van der Waals surface area contributed by atoms with Crippen molar-refractivity contribution in [2.75, 3.05) is 0 Å². The molecule has 0 aromatic heterocycles. The molecule has 0 saturated carbocycles. The second kappa shape index (κ2) is 7.85. The van der Waals surface area contributed by atoms with E-state index < -0.39 is 0 Å². The van der Waals surface area contributed by atoms with Gasteiger partial charge in [-0.1, -0.05) is 107 Å². The third-order valence-electron chi connectivity index (χ3n) is 6.95. The molecule has 0 N–H and O–H groups in total. The minimum Gasteiger partial charge on any atom is -0.0616 e. The van der Waals surface area contributed by atoms with Gasteiger partial charge in [0.2, 0.25) is 0 Å². The number of benzene rings is 6. The maximum atomic E-state index is 2.38. The Morgan fingerprint density at radius 2 is 0.647 bits per heavy atom. The van der Waals surface area contributed by atoms with E-state index in [4.69, 9.17) is 0 Å². The average Bonchev–Trinajstić information content (AvgIpc) is 2.82. The van der Waals surface area contributed by atoms with Gasteiger partial charge in [-0.2, -0.15) is 0 Å². The zero-order chi connectivity index (χ0) is 23.4. The lowest BCUT2D eigenvalue weighted by Crippen LogP contribution is -1.88. The summed E-state index contributed by atoms with van der Waals surface area (Å²) < 4.78 is 0. The maximum Gasteiger partial charge on any atom is -0.00928 e. The second-order valence-electron chi connectivity index (χ2n) is 9.82. The van der Waals surface area contributed by atoms with Crippen molar-refractivity contribution in [1.29, 1.82) is 0 Å². The Balaban J connectivity index is 1.65. The van der Waals surface area contributed by atoms with E-state index in [1.807, 2.05) is 0 Å². The SMILES string of the molecule is Cc1cc(C)cc(-c2ccc3c4ccc(-c5cc(C)cc(C)c5)cc4c4ccccc4c3c2)c1. The van der Waals surface area contributed by atoms with Crippen LogP contribution >= 0.6 is 0 Å². The molecule has 0 aliphatic rings. The number of hydrogen-bond donors (Lipinski definition) is 0. The van der Waals surface area contributed by atoms with Crippen LogP contribution in [0.4, 0.5) is 0 Å². The molecule has 0 spiro atoms. The van der Waals surface area contributed by atoms with E-state index in [9.17, 15) is 0 Å². The summed E-state index contributed by atoms with van der Waals surface area (Å²) in [5.41, 5.74) is 10.3. The van der Waals surface area contributed by atoms with Crippen LogP contribution in [0.15, 0.2) is 97.1 Å². The van der Waals surface area contributed by atoms with Gasteiger partial charge in [0.25, 0.3) is 0 Å². The number of hydrogen-bond acceptors (Lipinski definition) is 0. The summed E-state index contributed by atoms with van der Waals surface area (Å²) in [4.78, 5) is 0. The maximum absolute atomic E-state index is 2.38. The monoisotopic (exact) mass is 436 g/mol. The smallest absolute Gasteiger partial charge is 0.00928 e. The zero-order valence-electron chi connectivity index (χ0n) is 20.2. The van der Waals surface area contributed by atoms with E-state index in [1.165, 1.54) is 76.8 Å². The quantitative estimate of drug-likeness (QED) is 0.237. The highest BCUT2D eigenvalue weighted by atomic mass is 14.2. The molecule has 0 aliphatic carbocycles. The standard InChI is InChI=1S/C34H28/c1-21-13-22(2)16-27(15-21)25-9-11-31-32-12-10-26(28-17-23(3)14-24(4)18-28)20-34(32)30-8-6-5-7-29(30)33(31)19-25/h5-20H,1-4H3. The molecule has 0 fully saturated rings. The Labute approximate surface area is 201 Å². The first-order valence-corrected chi connectivity index (χ1v) is 12.0. The van der Waals surface area contributed by atoms with Crippen LogP contribution < -0.4 is 0 Å². The minimum atomic E-state index is 1.27. The Morgan fingerprint density at radius 1 is 0.294 bits per heavy atom. The Bertz CT molecular complexity index is 1540. The fourth-order valence-electron chi connectivity index (χ4n) is 5.60. The first-order valence-electron chi connectivity index (χ1n) is 12.0. The van der Waals surface area contributed by atoms with Crippen molar-refractivity contribution in [2.45, 2.75) is 27.7 Å². The minimum absolute atomic E-state index is 1.27. The lowest BCUT2D eigenvalue weighted by atomic mass is 9.90. The molecule has 0 saturated heterocycles. The van der Waals surface area contributed by atoms with Crippen LogP contribution in [0.25, 0.3) is 54.6 Å². The third kappa shape index (κ3) is 3.47. The molecular weight excluding hydrogens is 408 g/mol. The Hall–Kier alpha value is -3.90. The van der Waals surface area contributed by atoms with Crippen molar-refractivity contribution < 1.29 is 0 Å². The van der Waals surface area contributed by atoms with Crippen LogP contribution in [-0.4, -0.2) is 0 Å². The van der Waals surface area contributed by atoms with Crippen LogP contribution in [-0.2, 0) is 0 Å². The summed E-state index contributed by atoms with van der Waals surface area (Å²) in [5, 5.41) is 7.89. The first kappa shape index (κ1) is 20.7.